The first-order chi connectivity index (χ1) is 7.84. The van der Waals surface area contributed by atoms with Gasteiger partial charge in [0.05, 0.1) is 0 Å². The van der Waals surface area contributed by atoms with Gasteiger partial charge in [-0.1, -0.05) is 45.1 Å². The van der Waals surface area contributed by atoms with E-state index in [9.17, 15) is 0 Å². The second-order valence-corrected chi connectivity index (χ2v) is 4.66. The Morgan fingerprint density at radius 2 is 1.62 bits per heavy atom. The number of rotatable bonds is 8. The summed E-state index contributed by atoms with van der Waals surface area (Å²) in [7, 11) is 0. The quantitative estimate of drug-likeness (QED) is 0.460. The number of hydrogen-bond acceptors (Lipinski definition) is 0. The molecule has 1 aromatic heterocycles. The maximum absolute atomic E-state index is 2.35. The van der Waals surface area contributed by atoms with E-state index in [-0.39, 0.29) is 0 Å². The van der Waals surface area contributed by atoms with Crippen LogP contribution in [0, 0.1) is 6.92 Å². The molecule has 0 bridgehead atoms. The van der Waals surface area contributed by atoms with E-state index < -0.39 is 0 Å². The Hall–Kier alpha value is -0.850. The van der Waals surface area contributed by atoms with Crippen LogP contribution in [0.15, 0.2) is 24.4 Å². The fourth-order valence-electron chi connectivity index (χ4n) is 2.05. The predicted octanol–water partition coefficient (Wildman–Crippen LogP) is 4.03. The normalized spacial score (nSPS) is 10.6. The summed E-state index contributed by atoms with van der Waals surface area (Å²) in [5.41, 5.74) is 1.37. The molecule has 0 radical (unpaired) electrons. The highest BCUT2D eigenvalue weighted by Gasteiger charge is 2.02. The third-order valence-electron chi connectivity index (χ3n) is 3.17. The van der Waals surface area contributed by atoms with Gasteiger partial charge in [0.1, 0.15) is 6.54 Å². The van der Waals surface area contributed by atoms with Gasteiger partial charge in [0, 0.05) is 25.5 Å². The van der Waals surface area contributed by atoms with Gasteiger partial charge in [-0.25, -0.2) is 4.57 Å². The molecule has 0 unspecified atom stereocenters. The van der Waals surface area contributed by atoms with E-state index in [0.717, 1.165) is 0 Å². The van der Waals surface area contributed by atoms with E-state index in [2.05, 4.69) is 42.8 Å². The van der Waals surface area contributed by atoms with Crippen LogP contribution in [0.5, 0.6) is 0 Å². The molecule has 0 aromatic carbocycles. The minimum absolute atomic E-state index is 1.18. The Balaban J connectivity index is 2.05. The molecule has 1 heteroatoms. The summed E-state index contributed by atoms with van der Waals surface area (Å²) in [6.07, 6.45) is 11.9. The molecule has 1 rings (SSSR count). The van der Waals surface area contributed by atoms with Crippen molar-refractivity contribution in [1.29, 1.82) is 0 Å². The van der Waals surface area contributed by atoms with E-state index in [0.29, 0.717) is 0 Å². The van der Waals surface area contributed by atoms with Gasteiger partial charge in [-0.05, 0) is 6.42 Å². The first-order valence-corrected chi connectivity index (χ1v) is 6.79. The summed E-state index contributed by atoms with van der Waals surface area (Å²) in [4.78, 5) is 0. The van der Waals surface area contributed by atoms with Crippen LogP contribution >= 0.6 is 0 Å². The standard InChI is InChI=1S/C15H26N/c1-3-4-5-6-7-8-10-13-16-14-11-9-12-15(16)2/h9,11-12,14H,3-8,10,13H2,1-2H3/q+1. The number of unbranched alkanes of at least 4 members (excludes halogenated alkanes) is 6. The molecule has 0 saturated carbocycles. The molecule has 90 valence electrons. The third-order valence-corrected chi connectivity index (χ3v) is 3.17. The fraction of sp³-hybridized carbons (Fsp3) is 0.667. The average molecular weight is 220 g/mol. The molecule has 0 aliphatic carbocycles. The highest BCUT2D eigenvalue weighted by molar-refractivity contribution is 4.93. The van der Waals surface area contributed by atoms with E-state index in [1.165, 1.54) is 57.2 Å². The van der Waals surface area contributed by atoms with Crippen molar-refractivity contribution >= 4 is 0 Å². The van der Waals surface area contributed by atoms with E-state index in [1.807, 2.05) is 0 Å². The van der Waals surface area contributed by atoms with Crippen molar-refractivity contribution in [3.8, 4) is 0 Å². The van der Waals surface area contributed by atoms with Crippen molar-refractivity contribution in [2.45, 2.75) is 65.3 Å². The van der Waals surface area contributed by atoms with Crippen LogP contribution in [0.1, 0.15) is 57.6 Å². The fourth-order valence-corrected chi connectivity index (χ4v) is 2.05. The van der Waals surface area contributed by atoms with Crippen LogP contribution in [-0.4, -0.2) is 0 Å². The van der Waals surface area contributed by atoms with E-state index >= 15 is 0 Å². The van der Waals surface area contributed by atoms with Crippen molar-refractivity contribution < 1.29 is 4.57 Å². The zero-order chi connectivity index (χ0) is 11.6. The molecule has 0 aliphatic rings. The van der Waals surface area contributed by atoms with Gasteiger partial charge in [0.2, 0.25) is 0 Å². The van der Waals surface area contributed by atoms with Crippen molar-refractivity contribution in [3.05, 3.63) is 30.1 Å². The minimum Gasteiger partial charge on any atom is -0.203 e. The number of aromatic nitrogens is 1. The van der Waals surface area contributed by atoms with Crippen molar-refractivity contribution in [2.24, 2.45) is 0 Å². The summed E-state index contributed by atoms with van der Waals surface area (Å²) in [5.74, 6) is 0. The van der Waals surface area contributed by atoms with Crippen LogP contribution < -0.4 is 4.57 Å². The molecule has 1 aromatic rings. The second-order valence-electron chi connectivity index (χ2n) is 4.66. The maximum atomic E-state index is 2.35. The van der Waals surface area contributed by atoms with Gasteiger partial charge in [-0.2, -0.15) is 0 Å². The number of nitrogens with zero attached hydrogens (tertiary/aromatic N) is 1. The summed E-state index contributed by atoms with van der Waals surface area (Å²) in [6, 6.07) is 6.41. The van der Waals surface area contributed by atoms with Crippen LogP contribution in [-0.2, 0) is 6.54 Å². The molecular formula is C15H26N+. The topological polar surface area (TPSA) is 3.88 Å². The van der Waals surface area contributed by atoms with Gasteiger partial charge in [0.25, 0.3) is 0 Å². The highest BCUT2D eigenvalue weighted by Crippen LogP contribution is 2.06. The summed E-state index contributed by atoms with van der Waals surface area (Å²) in [6.45, 7) is 5.64. The molecule has 16 heavy (non-hydrogen) atoms. The third kappa shape index (κ3) is 5.29. The lowest BCUT2D eigenvalue weighted by atomic mass is 10.1. The molecule has 1 nitrogen and oxygen atoms in total. The van der Waals surface area contributed by atoms with Crippen LogP contribution in [0.2, 0.25) is 0 Å². The van der Waals surface area contributed by atoms with Crippen molar-refractivity contribution in [3.63, 3.8) is 0 Å². The number of pyridine rings is 1. The lowest BCUT2D eigenvalue weighted by Gasteiger charge is -2.01. The number of hydrogen-bond donors (Lipinski definition) is 0. The van der Waals surface area contributed by atoms with E-state index in [4.69, 9.17) is 0 Å². The minimum atomic E-state index is 1.18. The summed E-state index contributed by atoms with van der Waals surface area (Å²) >= 11 is 0. The molecule has 0 N–H and O–H groups in total. The zero-order valence-electron chi connectivity index (χ0n) is 10.9. The average Bonchev–Trinajstić information content (AvgIpc) is 2.30. The lowest BCUT2D eigenvalue weighted by Crippen LogP contribution is -2.36. The Bertz CT molecular complexity index is 281. The van der Waals surface area contributed by atoms with Gasteiger partial charge in [0.15, 0.2) is 11.9 Å². The first-order valence-electron chi connectivity index (χ1n) is 6.79. The lowest BCUT2D eigenvalue weighted by molar-refractivity contribution is -0.703. The molecule has 0 saturated heterocycles. The molecule has 0 aliphatic heterocycles. The van der Waals surface area contributed by atoms with Gasteiger partial charge < -0.3 is 0 Å². The molecule has 0 spiro atoms. The molecule has 1 heterocycles. The summed E-state index contributed by atoms with van der Waals surface area (Å²) in [5, 5.41) is 0. The van der Waals surface area contributed by atoms with Crippen LogP contribution in [0.3, 0.4) is 0 Å². The van der Waals surface area contributed by atoms with Crippen LogP contribution in [0.4, 0.5) is 0 Å². The van der Waals surface area contributed by atoms with Crippen molar-refractivity contribution in [2.75, 3.05) is 0 Å². The number of aryl methyl sites for hydroxylation is 2. The monoisotopic (exact) mass is 220 g/mol. The Kier molecular flexibility index (Phi) is 6.87. The van der Waals surface area contributed by atoms with Gasteiger partial charge in [-0.15, -0.1) is 0 Å². The Morgan fingerprint density at radius 3 is 2.31 bits per heavy atom. The van der Waals surface area contributed by atoms with Crippen LogP contribution in [0.25, 0.3) is 0 Å². The molecule has 0 atom stereocenters. The SMILES string of the molecule is CCCCCCCCC[n+]1ccccc1C. The molecular weight excluding hydrogens is 194 g/mol. The predicted molar refractivity (Wildman–Crippen MR) is 69.4 cm³/mol. The first kappa shape index (κ1) is 13.2. The maximum Gasteiger partial charge on any atom is 0.178 e. The largest absolute Gasteiger partial charge is 0.203 e. The smallest absolute Gasteiger partial charge is 0.178 e. The Morgan fingerprint density at radius 1 is 0.938 bits per heavy atom. The van der Waals surface area contributed by atoms with E-state index in [1.54, 1.807) is 0 Å². The molecule has 0 fully saturated rings. The van der Waals surface area contributed by atoms with Gasteiger partial charge >= 0.3 is 0 Å². The van der Waals surface area contributed by atoms with Gasteiger partial charge in [-0.3, -0.25) is 0 Å². The molecule has 0 amide bonds. The zero-order valence-corrected chi connectivity index (χ0v) is 10.9. The second kappa shape index (κ2) is 8.32. The Labute approximate surface area is 101 Å². The summed E-state index contributed by atoms with van der Waals surface area (Å²) < 4.78 is 2.35. The van der Waals surface area contributed by atoms with Crippen molar-refractivity contribution in [1.82, 2.24) is 0 Å². The highest BCUT2D eigenvalue weighted by atomic mass is 14.9.